The van der Waals surface area contributed by atoms with Crippen molar-refractivity contribution in [3.8, 4) is 0 Å². The smallest absolute Gasteiger partial charge is 0.204 e. The Morgan fingerprint density at radius 3 is 2.48 bits per heavy atom. The lowest BCUT2D eigenvalue weighted by Gasteiger charge is -1.97. The maximum atomic E-state index is 13.0. The van der Waals surface area contributed by atoms with Gasteiger partial charge in [0.15, 0.2) is 5.43 Å². The summed E-state index contributed by atoms with van der Waals surface area (Å²) in [6.45, 7) is 4.68. The Bertz CT molecular complexity index is 1120. The van der Waals surface area contributed by atoms with Gasteiger partial charge in [-0.2, -0.15) is 0 Å². The van der Waals surface area contributed by atoms with E-state index in [-0.39, 0.29) is 10.9 Å². The molecule has 0 aromatic heterocycles. The third-order valence-electron chi connectivity index (χ3n) is 3.84. The van der Waals surface area contributed by atoms with Crippen LogP contribution in [0.4, 0.5) is 5.13 Å². The lowest BCUT2D eigenvalue weighted by atomic mass is 10.1. The molecule has 5 nitrogen and oxygen atoms in total. The van der Waals surface area contributed by atoms with Gasteiger partial charge in [0, 0.05) is 17.3 Å². The van der Waals surface area contributed by atoms with E-state index in [1.807, 2.05) is 13.0 Å². The van der Waals surface area contributed by atoms with Crippen molar-refractivity contribution in [1.29, 1.82) is 0 Å². The number of anilines is 1. The summed E-state index contributed by atoms with van der Waals surface area (Å²) >= 11 is 1.18. The molecule has 128 valence electrons. The van der Waals surface area contributed by atoms with Gasteiger partial charge in [-0.1, -0.05) is 55.0 Å². The standard InChI is InChI=1S/C19H19N3O2S/c1-3-5-6-11-14-15-16(23)12-9-7-8-10-13(12)17(24)18(15)25-19(20-4-2)22-21-14/h6-11H,3-5H2,1-2H3,(H,20,22)/b11-6+. The molecule has 1 N–H and O–H groups in total. The maximum Gasteiger partial charge on any atom is 0.204 e. The van der Waals surface area contributed by atoms with Gasteiger partial charge in [-0.3, -0.25) is 9.59 Å². The summed E-state index contributed by atoms with van der Waals surface area (Å²) in [6.07, 6.45) is 5.61. The molecule has 3 rings (SSSR count). The van der Waals surface area contributed by atoms with Gasteiger partial charge in [-0.15, -0.1) is 10.2 Å². The van der Waals surface area contributed by atoms with Crippen LogP contribution in [0.15, 0.2) is 39.9 Å². The fourth-order valence-corrected chi connectivity index (χ4v) is 3.64. The molecule has 0 atom stereocenters. The molecule has 1 aromatic carbocycles. The van der Waals surface area contributed by atoms with Crippen LogP contribution in [0.25, 0.3) is 16.8 Å². The number of unbranched alkanes of at least 4 members (excludes halogenated alkanes) is 1. The summed E-state index contributed by atoms with van der Waals surface area (Å²) in [7, 11) is 0. The van der Waals surface area contributed by atoms with Gasteiger partial charge in [-0.25, -0.2) is 0 Å². The Kier molecular flexibility index (Phi) is 5.19. The number of hydrogen-bond acceptors (Lipinski definition) is 6. The Labute approximate surface area is 148 Å². The van der Waals surface area contributed by atoms with Crippen LogP contribution in [-0.4, -0.2) is 16.7 Å². The summed E-state index contributed by atoms with van der Waals surface area (Å²) < 4.78 is 0.390. The number of nitrogens with zero attached hydrogens (tertiary/aromatic N) is 2. The van der Waals surface area contributed by atoms with Crippen molar-refractivity contribution in [2.45, 2.75) is 26.7 Å². The summed E-state index contributed by atoms with van der Waals surface area (Å²) in [6, 6.07) is 6.92. The number of aromatic nitrogens is 2. The molecule has 0 unspecified atom stereocenters. The summed E-state index contributed by atoms with van der Waals surface area (Å²) in [4.78, 5) is 26.0. The molecular weight excluding hydrogens is 334 g/mol. The highest BCUT2D eigenvalue weighted by molar-refractivity contribution is 7.13. The normalized spacial score (nSPS) is 11.4. The van der Waals surface area contributed by atoms with E-state index in [1.54, 1.807) is 30.3 Å². The van der Waals surface area contributed by atoms with Crippen LogP contribution in [0.1, 0.15) is 32.4 Å². The molecule has 2 aliphatic rings. The Morgan fingerprint density at radius 1 is 1.08 bits per heavy atom. The fourth-order valence-electron chi connectivity index (χ4n) is 2.65. The van der Waals surface area contributed by atoms with E-state index < -0.39 is 0 Å². The van der Waals surface area contributed by atoms with Crippen LogP contribution in [0.5, 0.6) is 0 Å². The number of benzene rings is 1. The number of fused-ring (bicyclic) bond motifs is 1. The van der Waals surface area contributed by atoms with Crippen LogP contribution in [0, 0.1) is 9.75 Å². The first kappa shape index (κ1) is 17.2. The molecule has 0 fully saturated rings. The van der Waals surface area contributed by atoms with Crippen molar-refractivity contribution in [2.24, 2.45) is 0 Å². The largest absolute Gasteiger partial charge is 0.360 e. The molecule has 0 saturated heterocycles. The number of rotatable bonds is 5. The molecule has 1 aliphatic carbocycles. The van der Waals surface area contributed by atoms with E-state index in [1.165, 1.54) is 11.3 Å². The van der Waals surface area contributed by atoms with E-state index in [4.69, 9.17) is 0 Å². The SMILES string of the molecule is CCC/C=C/c1nnc(NCC)sc2c(=O)c3ccccc3c(=O)c1=2. The van der Waals surface area contributed by atoms with Crippen molar-refractivity contribution < 1.29 is 0 Å². The number of allylic oxidation sites excluding steroid dienone is 1. The second-order valence-corrected chi connectivity index (χ2v) is 6.62. The van der Waals surface area contributed by atoms with Crippen molar-refractivity contribution in [2.75, 3.05) is 11.9 Å². The Morgan fingerprint density at radius 2 is 1.80 bits per heavy atom. The predicted octanol–water partition coefficient (Wildman–Crippen LogP) is 3.38. The first-order valence-electron chi connectivity index (χ1n) is 8.34. The van der Waals surface area contributed by atoms with Crippen LogP contribution in [0.2, 0.25) is 0 Å². The zero-order valence-corrected chi connectivity index (χ0v) is 15.0. The van der Waals surface area contributed by atoms with Crippen LogP contribution in [0.3, 0.4) is 0 Å². The quantitative estimate of drug-likeness (QED) is 0.761. The molecule has 0 amide bonds. The molecule has 0 spiro atoms. The molecule has 0 radical (unpaired) electrons. The van der Waals surface area contributed by atoms with Gasteiger partial charge in [0.2, 0.25) is 10.6 Å². The van der Waals surface area contributed by atoms with E-state index in [9.17, 15) is 9.59 Å². The Balaban J connectivity index is 2.53. The lowest BCUT2D eigenvalue weighted by molar-refractivity contribution is 0.959. The van der Waals surface area contributed by atoms with E-state index in [0.717, 1.165) is 12.8 Å². The monoisotopic (exact) mass is 353 g/mol. The van der Waals surface area contributed by atoms with Gasteiger partial charge in [0.25, 0.3) is 0 Å². The van der Waals surface area contributed by atoms with Crippen molar-refractivity contribution in [1.82, 2.24) is 10.2 Å². The van der Waals surface area contributed by atoms with Gasteiger partial charge in [-0.05, 0) is 19.4 Å². The van der Waals surface area contributed by atoms with E-state index >= 15 is 0 Å². The Hall–Kier alpha value is -2.60. The zero-order chi connectivity index (χ0) is 17.8. The highest BCUT2D eigenvalue weighted by Gasteiger charge is 2.11. The molecule has 0 bridgehead atoms. The molecule has 1 aliphatic heterocycles. The molecule has 1 heterocycles. The summed E-state index contributed by atoms with van der Waals surface area (Å²) in [5.74, 6) is 0. The van der Waals surface area contributed by atoms with Crippen LogP contribution >= 0.6 is 11.3 Å². The second-order valence-electron chi connectivity index (χ2n) is 5.62. The maximum absolute atomic E-state index is 13.0. The van der Waals surface area contributed by atoms with Crippen molar-refractivity contribution in [3.63, 3.8) is 0 Å². The summed E-state index contributed by atoms with van der Waals surface area (Å²) in [5, 5.41) is 13.2. The molecular formula is C19H19N3O2S. The van der Waals surface area contributed by atoms with Crippen LogP contribution in [-0.2, 0) is 0 Å². The molecule has 25 heavy (non-hydrogen) atoms. The van der Waals surface area contributed by atoms with Gasteiger partial charge in [0.05, 0.1) is 15.4 Å². The van der Waals surface area contributed by atoms with Crippen molar-refractivity contribution in [3.05, 3.63) is 66.2 Å². The van der Waals surface area contributed by atoms with E-state index in [0.29, 0.717) is 37.9 Å². The summed E-state index contributed by atoms with van der Waals surface area (Å²) in [5.41, 5.74) is 0.113. The first-order valence-corrected chi connectivity index (χ1v) is 9.16. The fraction of sp³-hybridized carbons (Fsp3) is 0.263. The average molecular weight is 353 g/mol. The topological polar surface area (TPSA) is 72.0 Å². The third-order valence-corrected chi connectivity index (χ3v) is 4.85. The zero-order valence-electron chi connectivity index (χ0n) is 14.2. The van der Waals surface area contributed by atoms with E-state index in [2.05, 4.69) is 22.4 Å². The highest BCUT2D eigenvalue weighted by atomic mass is 32.1. The minimum atomic E-state index is -0.175. The van der Waals surface area contributed by atoms with Gasteiger partial charge >= 0.3 is 0 Å². The lowest BCUT2D eigenvalue weighted by Crippen LogP contribution is -2.14. The minimum absolute atomic E-state index is 0.153. The second kappa shape index (κ2) is 7.53. The highest BCUT2D eigenvalue weighted by Crippen LogP contribution is 2.14. The number of nitrogens with one attached hydrogen (secondary N) is 1. The number of hydrogen-bond donors (Lipinski definition) is 1. The molecule has 0 saturated carbocycles. The van der Waals surface area contributed by atoms with Gasteiger partial charge in [0.1, 0.15) is 0 Å². The predicted molar refractivity (Wildman–Crippen MR) is 103 cm³/mol. The van der Waals surface area contributed by atoms with Gasteiger partial charge < -0.3 is 5.32 Å². The molecule has 1 aromatic rings. The van der Waals surface area contributed by atoms with Crippen LogP contribution < -0.4 is 16.2 Å². The minimum Gasteiger partial charge on any atom is -0.360 e. The first-order chi connectivity index (χ1) is 12.2. The van der Waals surface area contributed by atoms with Crippen molar-refractivity contribution >= 4 is 33.3 Å². The third kappa shape index (κ3) is 3.30. The molecule has 6 heteroatoms. The average Bonchev–Trinajstić information content (AvgIpc) is 2.80.